The summed E-state index contributed by atoms with van der Waals surface area (Å²) in [6.07, 6.45) is 0. The number of halogens is 1. The minimum atomic E-state index is 0.195. The number of nitrogens with zero attached hydrogens (tertiary/aromatic N) is 2. The van der Waals surface area contributed by atoms with E-state index in [-0.39, 0.29) is 5.15 Å². The maximum atomic E-state index is 8.39. The van der Waals surface area contributed by atoms with Gasteiger partial charge in [-0.15, -0.1) is 0 Å². The maximum Gasteiger partial charge on any atom is 0.199 e. The molecule has 0 spiro atoms. The van der Waals surface area contributed by atoms with E-state index in [9.17, 15) is 0 Å². The minimum Gasteiger partial charge on any atom is -0.300 e. The van der Waals surface area contributed by atoms with Gasteiger partial charge in [0, 0.05) is 0 Å². The molecule has 6 heteroatoms. The molecule has 1 heterocycles. The lowest BCUT2D eigenvalue weighted by Gasteiger charge is -1.84. The molecule has 0 aromatic carbocycles. The highest BCUT2D eigenvalue weighted by Crippen LogP contribution is 2.24. The summed E-state index contributed by atoms with van der Waals surface area (Å²) in [6, 6.07) is 1.88. The third kappa shape index (κ3) is 1.19. The first-order valence-electron chi connectivity index (χ1n) is 2.31. The Labute approximate surface area is 66.2 Å². The molecular formula is C4H3ClN4S. The van der Waals surface area contributed by atoms with Crippen LogP contribution in [0.5, 0.6) is 0 Å². The van der Waals surface area contributed by atoms with E-state index in [4.69, 9.17) is 22.7 Å². The van der Waals surface area contributed by atoms with Crippen LogP contribution in [0.3, 0.4) is 0 Å². The summed E-state index contributed by atoms with van der Waals surface area (Å²) in [5.74, 6) is 5.02. The van der Waals surface area contributed by atoms with Crippen LogP contribution >= 0.6 is 22.9 Å². The number of nitrogens with one attached hydrogen (secondary N) is 1. The van der Waals surface area contributed by atoms with Gasteiger partial charge in [0.05, 0.1) is 0 Å². The van der Waals surface area contributed by atoms with Gasteiger partial charge in [0.2, 0.25) is 0 Å². The number of hydrazine groups is 1. The van der Waals surface area contributed by atoms with E-state index in [1.54, 1.807) is 0 Å². The number of hydrogen-bond acceptors (Lipinski definition) is 5. The van der Waals surface area contributed by atoms with Crippen molar-refractivity contribution < 1.29 is 0 Å². The Morgan fingerprint density at radius 1 is 1.80 bits per heavy atom. The largest absolute Gasteiger partial charge is 0.300 e. The van der Waals surface area contributed by atoms with Gasteiger partial charge in [-0.1, -0.05) is 22.9 Å². The summed E-state index contributed by atoms with van der Waals surface area (Å²) >= 11 is 6.62. The monoisotopic (exact) mass is 174 g/mol. The topological polar surface area (TPSA) is 74.7 Å². The summed E-state index contributed by atoms with van der Waals surface area (Å²) in [5.41, 5.74) is 2.29. The number of nitriles is 1. The van der Waals surface area contributed by atoms with Crippen LogP contribution in [0.1, 0.15) is 4.88 Å². The van der Waals surface area contributed by atoms with Crippen LogP contribution in [0.25, 0.3) is 0 Å². The molecule has 0 aliphatic carbocycles. The molecule has 0 saturated carbocycles. The molecule has 0 radical (unpaired) electrons. The Morgan fingerprint density at radius 3 is 2.80 bits per heavy atom. The summed E-state index contributed by atoms with van der Waals surface area (Å²) in [7, 11) is 0. The molecule has 0 fully saturated rings. The first-order valence-corrected chi connectivity index (χ1v) is 3.50. The first kappa shape index (κ1) is 7.28. The zero-order valence-electron chi connectivity index (χ0n) is 4.76. The van der Waals surface area contributed by atoms with Crippen molar-refractivity contribution >= 4 is 28.1 Å². The van der Waals surface area contributed by atoms with Crippen LogP contribution in [-0.2, 0) is 0 Å². The zero-order valence-corrected chi connectivity index (χ0v) is 6.33. The van der Waals surface area contributed by atoms with Crippen molar-refractivity contribution in [2.75, 3.05) is 5.43 Å². The van der Waals surface area contributed by atoms with Crippen molar-refractivity contribution in [2.24, 2.45) is 5.84 Å². The highest BCUT2D eigenvalue weighted by molar-refractivity contribution is 7.16. The number of aromatic nitrogens is 1. The van der Waals surface area contributed by atoms with E-state index in [0.717, 1.165) is 11.3 Å². The fraction of sp³-hybridized carbons (Fsp3) is 0. The van der Waals surface area contributed by atoms with Crippen LogP contribution in [0.2, 0.25) is 5.15 Å². The second-order valence-corrected chi connectivity index (χ2v) is 2.75. The van der Waals surface area contributed by atoms with E-state index in [0.29, 0.717) is 10.0 Å². The number of rotatable bonds is 1. The molecule has 10 heavy (non-hydrogen) atoms. The predicted molar refractivity (Wildman–Crippen MR) is 39.6 cm³/mol. The Balaban J connectivity index is 3.07. The Kier molecular flexibility index (Phi) is 2.06. The lowest BCUT2D eigenvalue weighted by molar-refractivity contribution is 1.28. The summed E-state index contributed by atoms with van der Waals surface area (Å²) < 4.78 is 0. The maximum absolute atomic E-state index is 8.39. The van der Waals surface area contributed by atoms with E-state index in [2.05, 4.69) is 10.4 Å². The zero-order chi connectivity index (χ0) is 7.56. The van der Waals surface area contributed by atoms with Gasteiger partial charge in [0.25, 0.3) is 0 Å². The van der Waals surface area contributed by atoms with Gasteiger partial charge in [-0.2, -0.15) is 5.26 Å². The first-order chi connectivity index (χ1) is 4.77. The predicted octanol–water partition coefficient (Wildman–Crippen LogP) is 0.954. The van der Waals surface area contributed by atoms with E-state index < -0.39 is 0 Å². The van der Waals surface area contributed by atoms with Crippen LogP contribution in [0, 0.1) is 11.3 Å². The molecule has 0 aliphatic rings. The van der Waals surface area contributed by atoms with Gasteiger partial charge >= 0.3 is 0 Å². The van der Waals surface area contributed by atoms with Crippen molar-refractivity contribution in [3.63, 3.8) is 0 Å². The van der Waals surface area contributed by atoms with Crippen LogP contribution < -0.4 is 11.3 Å². The Bertz CT molecular complexity index is 275. The molecule has 1 aromatic heterocycles. The standard InChI is InChI=1S/C4H3ClN4S/c5-3-2(1-6)10-4(8-3)9-7/h7H2,(H,8,9). The quantitative estimate of drug-likeness (QED) is 0.491. The van der Waals surface area contributed by atoms with Crippen LogP contribution in [0.15, 0.2) is 0 Å². The van der Waals surface area contributed by atoms with Crippen LogP contribution in [0.4, 0.5) is 5.13 Å². The second-order valence-electron chi connectivity index (χ2n) is 1.40. The Hall–Kier alpha value is -0.830. The third-order valence-electron chi connectivity index (χ3n) is 0.811. The molecule has 0 bridgehead atoms. The van der Waals surface area contributed by atoms with E-state index in [1.165, 1.54) is 0 Å². The van der Waals surface area contributed by atoms with Gasteiger partial charge in [-0.3, -0.25) is 5.43 Å². The highest BCUT2D eigenvalue weighted by atomic mass is 35.5. The van der Waals surface area contributed by atoms with Crippen molar-refractivity contribution in [3.05, 3.63) is 10.0 Å². The molecule has 3 N–H and O–H groups in total. The molecule has 4 nitrogen and oxygen atoms in total. The van der Waals surface area contributed by atoms with Crippen molar-refractivity contribution in [3.8, 4) is 6.07 Å². The molecule has 0 atom stereocenters. The van der Waals surface area contributed by atoms with Gasteiger partial charge in [0.1, 0.15) is 10.9 Å². The molecule has 52 valence electrons. The number of nitrogens with two attached hydrogens (primary N) is 1. The molecule has 0 saturated heterocycles. The lowest BCUT2D eigenvalue weighted by Crippen LogP contribution is -2.05. The van der Waals surface area contributed by atoms with Gasteiger partial charge in [0.15, 0.2) is 10.3 Å². The minimum absolute atomic E-state index is 0.195. The van der Waals surface area contributed by atoms with E-state index in [1.807, 2.05) is 6.07 Å². The number of anilines is 1. The average molecular weight is 175 g/mol. The summed E-state index contributed by atoms with van der Waals surface area (Å²) in [4.78, 5) is 4.10. The second kappa shape index (κ2) is 2.84. The fourth-order valence-corrected chi connectivity index (χ4v) is 1.29. The van der Waals surface area contributed by atoms with Crippen molar-refractivity contribution in [1.29, 1.82) is 5.26 Å². The van der Waals surface area contributed by atoms with Crippen molar-refractivity contribution in [2.45, 2.75) is 0 Å². The Morgan fingerprint density at radius 2 is 2.50 bits per heavy atom. The normalized spacial score (nSPS) is 8.90. The molecular weight excluding hydrogens is 172 g/mol. The van der Waals surface area contributed by atoms with Crippen molar-refractivity contribution in [1.82, 2.24) is 4.98 Å². The van der Waals surface area contributed by atoms with Crippen LogP contribution in [-0.4, -0.2) is 4.98 Å². The summed E-state index contributed by atoms with van der Waals surface area (Å²) in [5, 5.41) is 9.04. The van der Waals surface area contributed by atoms with E-state index >= 15 is 0 Å². The summed E-state index contributed by atoms with van der Waals surface area (Å²) in [6.45, 7) is 0. The molecule has 1 rings (SSSR count). The number of nitrogen functional groups attached to an aromatic ring is 1. The molecule has 0 amide bonds. The smallest absolute Gasteiger partial charge is 0.199 e. The molecule has 0 aliphatic heterocycles. The van der Waals surface area contributed by atoms with Gasteiger partial charge < -0.3 is 0 Å². The SMILES string of the molecule is N#Cc1sc(NN)nc1Cl. The van der Waals surface area contributed by atoms with Gasteiger partial charge in [-0.05, 0) is 0 Å². The number of hydrogen-bond donors (Lipinski definition) is 2. The average Bonchev–Trinajstić information content (AvgIpc) is 2.30. The molecule has 1 aromatic rings. The van der Waals surface area contributed by atoms with Gasteiger partial charge in [-0.25, -0.2) is 10.8 Å². The third-order valence-corrected chi connectivity index (χ3v) is 2.09. The number of thiazole rings is 1. The fourth-order valence-electron chi connectivity index (χ4n) is 0.432. The molecule has 0 unspecified atom stereocenters. The highest BCUT2D eigenvalue weighted by Gasteiger charge is 2.05. The lowest BCUT2D eigenvalue weighted by atomic mass is 10.6.